The largest absolute Gasteiger partial charge is 0.310 e. The van der Waals surface area contributed by atoms with Gasteiger partial charge in [0, 0.05) is 43.1 Å². The molecular formula is C68H66Br2N2. The van der Waals surface area contributed by atoms with Crippen LogP contribution in [0.4, 0.5) is 34.1 Å². The van der Waals surface area contributed by atoms with Crippen LogP contribution in [0.5, 0.6) is 0 Å². The number of benzene rings is 9. The molecule has 0 N–H and O–H groups in total. The summed E-state index contributed by atoms with van der Waals surface area (Å²) in [7, 11) is 0. The minimum absolute atomic E-state index is 1.05. The Kier molecular flexibility index (Phi) is 17.0. The molecule has 0 atom stereocenters. The molecule has 0 fully saturated rings. The standard InChI is InChI=1S/C68H66Br2N2/c1-5-7-9-13-23-55-47-68(54-27-35-60(36-28-54)72(62-39-31-58(70)32-40-62)64-42-44-66(50(4)46-64)52-21-17-12-18-22-52)56(24-14-10-8-6-2)48-67(55)53-25-33-59(34-26-53)71(61-37-29-57(69)30-38-61)63-41-43-65(49(3)45-63)51-19-15-11-16-20-51/h11-12,15-22,25-48H,5-10,13-14,23-24H2,1-4H3. The predicted octanol–water partition coefficient (Wildman–Crippen LogP) is 21.7. The van der Waals surface area contributed by atoms with E-state index in [4.69, 9.17) is 0 Å². The topological polar surface area (TPSA) is 6.48 Å². The molecule has 0 aliphatic heterocycles. The highest BCUT2D eigenvalue weighted by molar-refractivity contribution is 9.10. The van der Waals surface area contributed by atoms with Crippen LogP contribution in [0.15, 0.2) is 215 Å². The molecule has 0 radical (unpaired) electrons. The van der Waals surface area contributed by atoms with E-state index >= 15 is 0 Å². The van der Waals surface area contributed by atoms with E-state index in [1.807, 2.05) is 0 Å². The highest BCUT2D eigenvalue weighted by atomic mass is 79.9. The lowest BCUT2D eigenvalue weighted by molar-refractivity contribution is 0.664. The van der Waals surface area contributed by atoms with Crippen molar-refractivity contribution in [3.8, 4) is 44.5 Å². The molecule has 9 aromatic rings. The molecule has 9 aromatic carbocycles. The maximum Gasteiger partial charge on any atom is 0.0464 e. The first-order chi connectivity index (χ1) is 35.3. The van der Waals surface area contributed by atoms with Crippen molar-refractivity contribution in [2.24, 2.45) is 0 Å². The molecule has 0 saturated carbocycles. The van der Waals surface area contributed by atoms with Gasteiger partial charge in [0.05, 0.1) is 0 Å². The molecule has 9 rings (SSSR count). The second-order valence-electron chi connectivity index (χ2n) is 19.2. The van der Waals surface area contributed by atoms with Gasteiger partial charge in [0.25, 0.3) is 0 Å². The van der Waals surface area contributed by atoms with Crippen molar-refractivity contribution in [3.05, 3.63) is 237 Å². The van der Waals surface area contributed by atoms with Crippen molar-refractivity contribution in [2.75, 3.05) is 9.80 Å². The van der Waals surface area contributed by atoms with Gasteiger partial charge in [-0.05, 0) is 203 Å². The smallest absolute Gasteiger partial charge is 0.0464 e. The van der Waals surface area contributed by atoms with Crippen LogP contribution in [0.3, 0.4) is 0 Å². The van der Waals surface area contributed by atoms with Gasteiger partial charge in [-0.1, -0.05) is 193 Å². The number of halogens is 2. The van der Waals surface area contributed by atoms with E-state index in [1.165, 1.54) is 118 Å². The summed E-state index contributed by atoms with van der Waals surface area (Å²) in [6, 6.07) is 76.3. The van der Waals surface area contributed by atoms with Crippen molar-refractivity contribution in [3.63, 3.8) is 0 Å². The van der Waals surface area contributed by atoms with Gasteiger partial charge in [0.15, 0.2) is 0 Å². The first-order valence-electron chi connectivity index (χ1n) is 26.1. The number of nitrogens with zero attached hydrogens (tertiary/aromatic N) is 2. The number of hydrogen-bond donors (Lipinski definition) is 0. The SMILES string of the molecule is CCCCCCc1cc(-c2ccc(N(c3ccc(Br)cc3)c3ccc(-c4ccccc4)c(C)c3)cc2)c(CCCCCC)cc1-c1ccc(N(c2ccc(Br)cc2)c2ccc(-c3ccccc3)c(C)c2)cc1. The fourth-order valence-electron chi connectivity index (χ4n) is 10.2. The number of rotatable bonds is 20. The average Bonchev–Trinajstić information content (AvgIpc) is 3.41. The minimum Gasteiger partial charge on any atom is -0.310 e. The zero-order chi connectivity index (χ0) is 49.8. The van der Waals surface area contributed by atoms with E-state index in [1.54, 1.807) is 0 Å². The van der Waals surface area contributed by atoms with Crippen molar-refractivity contribution in [1.29, 1.82) is 0 Å². The van der Waals surface area contributed by atoms with Crippen LogP contribution in [-0.4, -0.2) is 0 Å². The molecule has 362 valence electrons. The monoisotopic (exact) mass is 1070 g/mol. The van der Waals surface area contributed by atoms with Crippen LogP contribution in [0.1, 0.15) is 87.5 Å². The molecule has 0 unspecified atom stereocenters. The molecule has 0 aromatic heterocycles. The molecule has 0 aliphatic rings. The van der Waals surface area contributed by atoms with Crippen molar-refractivity contribution < 1.29 is 0 Å². The maximum atomic E-state index is 3.69. The Morgan fingerprint density at radius 3 is 0.958 bits per heavy atom. The molecular weight excluding hydrogens is 1000 g/mol. The van der Waals surface area contributed by atoms with Crippen molar-refractivity contribution in [2.45, 2.75) is 91.9 Å². The van der Waals surface area contributed by atoms with Gasteiger partial charge in [0.1, 0.15) is 0 Å². The third kappa shape index (κ3) is 12.1. The molecule has 2 nitrogen and oxygen atoms in total. The fourth-order valence-corrected chi connectivity index (χ4v) is 10.8. The average molecular weight is 1070 g/mol. The summed E-state index contributed by atoms with van der Waals surface area (Å²) < 4.78 is 2.13. The van der Waals surface area contributed by atoms with Gasteiger partial charge in [-0.3, -0.25) is 0 Å². The van der Waals surface area contributed by atoms with Crippen molar-refractivity contribution >= 4 is 66.0 Å². The Morgan fingerprint density at radius 2 is 0.625 bits per heavy atom. The Morgan fingerprint density at radius 1 is 0.306 bits per heavy atom. The van der Waals surface area contributed by atoms with E-state index < -0.39 is 0 Å². The Labute approximate surface area is 446 Å². The van der Waals surface area contributed by atoms with Crippen LogP contribution < -0.4 is 9.80 Å². The molecule has 0 amide bonds. The Hall–Kier alpha value is -6.46. The predicted molar refractivity (Wildman–Crippen MR) is 318 cm³/mol. The fraction of sp³-hybridized carbons (Fsp3) is 0.206. The van der Waals surface area contributed by atoms with Crippen LogP contribution in [-0.2, 0) is 12.8 Å². The van der Waals surface area contributed by atoms with Gasteiger partial charge in [-0.2, -0.15) is 0 Å². The zero-order valence-corrected chi connectivity index (χ0v) is 45.5. The number of aryl methyl sites for hydroxylation is 4. The summed E-state index contributed by atoms with van der Waals surface area (Å²) in [5.41, 5.74) is 22.4. The lowest BCUT2D eigenvalue weighted by atomic mass is 9.86. The first-order valence-corrected chi connectivity index (χ1v) is 27.7. The molecule has 0 heterocycles. The number of hydrogen-bond acceptors (Lipinski definition) is 2. The number of unbranched alkanes of at least 4 members (excludes halogenated alkanes) is 6. The molecule has 0 aliphatic carbocycles. The van der Waals surface area contributed by atoms with E-state index in [9.17, 15) is 0 Å². The quantitative estimate of drug-likeness (QED) is 0.0702. The maximum absolute atomic E-state index is 3.69. The normalized spacial score (nSPS) is 11.2. The second-order valence-corrected chi connectivity index (χ2v) is 21.1. The Balaban J connectivity index is 1.09. The highest BCUT2D eigenvalue weighted by Crippen LogP contribution is 2.42. The summed E-state index contributed by atoms with van der Waals surface area (Å²) in [5.74, 6) is 0. The van der Waals surface area contributed by atoms with Gasteiger partial charge < -0.3 is 9.80 Å². The van der Waals surface area contributed by atoms with Crippen molar-refractivity contribution in [1.82, 2.24) is 0 Å². The molecule has 4 heteroatoms. The van der Waals surface area contributed by atoms with Gasteiger partial charge in [-0.25, -0.2) is 0 Å². The number of anilines is 6. The summed E-state index contributed by atoms with van der Waals surface area (Å²) in [6.45, 7) is 9.05. The summed E-state index contributed by atoms with van der Waals surface area (Å²) in [4.78, 5) is 4.77. The second kappa shape index (κ2) is 24.3. The summed E-state index contributed by atoms with van der Waals surface area (Å²) in [6.07, 6.45) is 11.9. The van der Waals surface area contributed by atoms with Gasteiger partial charge in [-0.15, -0.1) is 0 Å². The van der Waals surface area contributed by atoms with Crippen LogP contribution in [0.25, 0.3) is 44.5 Å². The molecule has 0 saturated heterocycles. The molecule has 72 heavy (non-hydrogen) atoms. The van der Waals surface area contributed by atoms with E-state index in [-0.39, 0.29) is 0 Å². The minimum atomic E-state index is 1.05. The van der Waals surface area contributed by atoms with Gasteiger partial charge in [0.2, 0.25) is 0 Å². The Bertz CT molecular complexity index is 2940. The third-order valence-corrected chi connectivity index (χ3v) is 15.1. The zero-order valence-electron chi connectivity index (χ0n) is 42.4. The highest BCUT2D eigenvalue weighted by Gasteiger charge is 2.19. The summed E-state index contributed by atoms with van der Waals surface area (Å²) >= 11 is 7.38. The van der Waals surface area contributed by atoms with E-state index in [0.29, 0.717) is 0 Å². The first kappa shape index (κ1) is 50.5. The van der Waals surface area contributed by atoms with Crippen LogP contribution >= 0.6 is 31.9 Å². The van der Waals surface area contributed by atoms with Crippen LogP contribution in [0, 0.1) is 13.8 Å². The van der Waals surface area contributed by atoms with E-state index in [0.717, 1.165) is 55.9 Å². The lowest BCUT2D eigenvalue weighted by Gasteiger charge is -2.27. The van der Waals surface area contributed by atoms with E-state index in [2.05, 4.69) is 276 Å². The molecule has 0 bridgehead atoms. The van der Waals surface area contributed by atoms with Crippen LogP contribution in [0.2, 0.25) is 0 Å². The molecule has 0 spiro atoms. The van der Waals surface area contributed by atoms with Gasteiger partial charge >= 0.3 is 0 Å². The summed E-state index contributed by atoms with van der Waals surface area (Å²) in [5, 5.41) is 0. The third-order valence-electron chi connectivity index (χ3n) is 14.1. The lowest BCUT2D eigenvalue weighted by Crippen LogP contribution is -2.10.